The van der Waals surface area contributed by atoms with Gasteiger partial charge < -0.3 is 23.9 Å². The summed E-state index contributed by atoms with van der Waals surface area (Å²) >= 11 is 0. The Kier molecular flexibility index (Phi) is 6.21. The SMILES string of the molecule is CCCCCNC1=C(C(=O)OC)C(C(=O)OC)c2c(c3ccccc3oc2=O)O1. The van der Waals surface area contributed by atoms with Gasteiger partial charge >= 0.3 is 17.6 Å². The lowest BCUT2D eigenvalue weighted by molar-refractivity contribution is -0.145. The fraction of sp³-hybridized carbons (Fsp3) is 0.381. The second kappa shape index (κ2) is 8.81. The predicted molar refractivity (Wildman–Crippen MR) is 104 cm³/mol. The topological polar surface area (TPSA) is 104 Å². The smallest absolute Gasteiger partial charge is 0.344 e. The second-order valence-electron chi connectivity index (χ2n) is 6.55. The Morgan fingerprint density at radius 2 is 1.90 bits per heavy atom. The van der Waals surface area contributed by atoms with E-state index >= 15 is 0 Å². The molecule has 0 saturated heterocycles. The van der Waals surface area contributed by atoms with Crippen molar-refractivity contribution in [2.75, 3.05) is 20.8 Å². The first-order valence-electron chi connectivity index (χ1n) is 9.41. The van der Waals surface area contributed by atoms with E-state index in [9.17, 15) is 14.4 Å². The Morgan fingerprint density at radius 3 is 2.59 bits per heavy atom. The fourth-order valence-corrected chi connectivity index (χ4v) is 3.31. The Labute approximate surface area is 167 Å². The highest BCUT2D eigenvalue weighted by Crippen LogP contribution is 2.41. The first-order valence-corrected chi connectivity index (χ1v) is 9.41. The highest BCUT2D eigenvalue weighted by molar-refractivity contribution is 6.01. The van der Waals surface area contributed by atoms with Crippen LogP contribution in [0.4, 0.5) is 0 Å². The average molecular weight is 401 g/mol. The quantitative estimate of drug-likeness (QED) is 0.429. The van der Waals surface area contributed by atoms with Gasteiger partial charge in [0.05, 0.1) is 19.6 Å². The van der Waals surface area contributed by atoms with E-state index in [1.54, 1.807) is 24.3 Å². The zero-order valence-corrected chi connectivity index (χ0v) is 16.6. The number of benzene rings is 1. The van der Waals surface area contributed by atoms with Crippen LogP contribution in [0.5, 0.6) is 5.75 Å². The van der Waals surface area contributed by atoms with Gasteiger partial charge in [-0.15, -0.1) is 0 Å². The molecule has 29 heavy (non-hydrogen) atoms. The minimum Gasteiger partial charge on any atom is -0.468 e. The maximum atomic E-state index is 12.7. The maximum absolute atomic E-state index is 12.7. The third-order valence-corrected chi connectivity index (χ3v) is 4.73. The van der Waals surface area contributed by atoms with E-state index in [-0.39, 0.29) is 22.8 Å². The molecule has 2 heterocycles. The lowest BCUT2D eigenvalue weighted by Gasteiger charge is -2.28. The van der Waals surface area contributed by atoms with Crippen LogP contribution in [0.2, 0.25) is 0 Å². The Balaban J connectivity index is 2.21. The van der Waals surface area contributed by atoms with Gasteiger partial charge in [0.15, 0.2) is 5.75 Å². The van der Waals surface area contributed by atoms with E-state index in [1.165, 1.54) is 14.2 Å². The van der Waals surface area contributed by atoms with Crippen LogP contribution in [0.15, 0.2) is 44.9 Å². The first-order chi connectivity index (χ1) is 14.0. The summed E-state index contributed by atoms with van der Waals surface area (Å²) in [6.07, 6.45) is 2.84. The van der Waals surface area contributed by atoms with E-state index in [1.807, 2.05) is 0 Å². The number of rotatable bonds is 7. The molecule has 154 valence electrons. The third-order valence-electron chi connectivity index (χ3n) is 4.73. The minimum atomic E-state index is -1.33. The highest BCUT2D eigenvalue weighted by Gasteiger charge is 2.43. The minimum absolute atomic E-state index is 0.0756. The van der Waals surface area contributed by atoms with Crippen LogP contribution in [0.3, 0.4) is 0 Å². The summed E-state index contributed by atoms with van der Waals surface area (Å²) in [6, 6.07) is 6.82. The molecule has 1 aliphatic rings. The molecule has 8 nitrogen and oxygen atoms in total. The fourth-order valence-electron chi connectivity index (χ4n) is 3.31. The second-order valence-corrected chi connectivity index (χ2v) is 6.55. The molecule has 8 heteroatoms. The van der Waals surface area contributed by atoms with Gasteiger partial charge in [-0.2, -0.15) is 0 Å². The highest BCUT2D eigenvalue weighted by atomic mass is 16.5. The van der Waals surface area contributed by atoms with Gasteiger partial charge in [0.1, 0.15) is 22.6 Å². The van der Waals surface area contributed by atoms with E-state index < -0.39 is 23.5 Å². The van der Waals surface area contributed by atoms with Gasteiger partial charge in [0, 0.05) is 6.54 Å². The van der Waals surface area contributed by atoms with Crippen molar-refractivity contribution in [1.29, 1.82) is 0 Å². The summed E-state index contributed by atoms with van der Waals surface area (Å²) < 4.78 is 21.1. The molecule has 1 N–H and O–H groups in total. The maximum Gasteiger partial charge on any atom is 0.344 e. The van der Waals surface area contributed by atoms with Crippen LogP contribution in [0.1, 0.15) is 37.7 Å². The van der Waals surface area contributed by atoms with Gasteiger partial charge in [-0.05, 0) is 18.6 Å². The number of unbranched alkanes of at least 4 members (excludes halogenated alkanes) is 2. The molecular weight excluding hydrogens is 378 g/mol. The van der Waals surface area contributed by atoms with Crippen LogP contribution in [0.25, 0.3) is 11.0 Å². The molecule has 0 saturated carbocycles. The van der Waals surface area contributed by atoms with Crippen molar-refractivity contribution >= 4 is 22.9 Å². The van der Waals surface area contributed by atoms with E-state index in [0.717, 1.165) is 19.3 Å². The van der Waals surface area contributed by atoms with Gasteiger partial charge in [-0.3, -0.25) is 4.79 Å². The summed E-state index contributed by atoms with van der Waals surface area (Å²) in [6.45, 7) is 2.59. The number of methoxy groups -OCH3 is 2. The van der Waals surface area contributed by atoms with Crippen molar-refractivity contribution < 1.29 is 28.2 Å². The van der Waals surface area contributed by atoms with Gasteiger partial charge in [0.25, 0.3) is 0 Å². The van der Waals surface area contributed by atoms with E-state index in [0.29, 0.717) is 17.5 Å². The molecule has 1 aliphatic heterocycles. The largest absolute Gasteiger partial charge is 0.468 e. The zero-order valence-electron chi connectivity index (χ0n) is 16.6. The van der Waals surface area contributed by atoms with Crippen molar-refractivity contribution in [2.45, 2.75) is 32.1 Å². The van der Waals surface area contributed by atoms with Crippen LogP contribution < -0.4 is 15.7 Å². The molecule has 2 aromatic rings. The molecule has 1 aromatic carbocycles. The zero-order chi connectivity index (χ0) is 21.0. The summed E-state index contributed by atoms with van der Waals surface area (Å²) in [5.41, 5.74) is -0.673. The Morgan fingerprint density at radius 1 is 1.14 bits per heavy atom. The number of fused-ring (bicyclic) bond motifs is 3. The number of hydrogen-bond acceptors (Lipinski definition) is 8. The van der Waals surface area contributed by atoms with Gasteiger partial charge in [-0.25, -0.2) is 9.59 Å². The summed E-state index contributed by atoms with van der Waals surface area (Å²) in [7, 11) is 2.38. The number of esters is 2. The number of nitrogens with one attached hydrogen (secondary N) is 1. The number of para-hydroxylation sites is 1. The number of hydrogen-bond donors (Lipinski definition) is 1. The van der Waals surface area contributed by atoms with Crippen molar-refractivity contribution in [3.63, 3.8) is 0 Å². The average Bonchev–Trinajstić information content (AvgIpc) is 2.74. The molecule has 0 aliphatic carbocycles. The molecule has 0 fully saturated rings. The summed E-state index contributed by atoms with van der Waals surface area (Å²) in [5, 5.41) is 3.58. The van der Waals surface area contributed by atoms with Crippen LogP contribution in [0, 0.1) is 0 Å². The monoisotopic (exact) mass is 401 g/mol. The lowest BCUT2D eigenvalue weighted by atomic mass is 9.88. The molecule has 3 rings (SSSR count). The third kappa shape index (κ3) is 3.83. The van der Waals surface area contributed by atoms with E-state index in [4.69, 9.17) is 18.6 Å². The van der Waals surface area contributed by atoms with Gasteiger partial charge in [0.2, 0.25) is 5.88 Å². The number of ether oxygens (including phenoxy) is 3. The van der Waals surface area contributed by atoms with E-state index in [2.05, 4.69) is 12.2 Å². The Bertz CT molecular complexity index is 1020. The molecule has 0 radical (unpaired) electrons. The molecule has 0 spiro atoms. The summed E-state index contributed by atoms with van der Waals surface area (Å²) in [5.74, 6) is -2.67. The molecular formula is C21H23NO7. The standard InChI is InChI=1S/C21H23NO7/c1-4-5-8-11-22-18-16(20(24)27-3)14(19(23)26-2)15-17(29-18)12-9-6-7-10-13(12)28-21(15)25/h6-7,9-10,14,22H,4-5,8,11H2,1-3H3. The van der Waals surface area contributed by atoms with Crippen molar-refractivity contribution in [2.24, 2.45) is 0 Å². The molecule has 1 aromatic heterocycles. The lowest BCUT2D eigenvalue weighted by Crippen LogP contribution is -2.36. The predicted octanol–water partition coefficient (Wildman–Crippen LogP) is 2.61. The molecule has 1 unspecified atom stereocenters. The van der Waals surface area contributed by atoms with Gasteiger partial charge in [-0.1, -0.05) is 31.9 Å². The number of carbonyl (C=O) groups is 2. The summed E-state index contributed by atoms with van der Waals surface area (Å²) in [4.78, 5) is 37.9. The Hall–Kier alpha value is -3.29. The molecule has 1 atom stereocenters. The first kappa shape index (κ1) is 20.4. The van der Waals surface area contributed by atoms with Crippen LogP contribution in [-0.4, -0.2) is 32.7 Å². The molecule has 0 amide bonds. The molecule has 0 bridgehead atoms. The van der Waals surface area contributed by atoms with Crippen molar-refractivity contribution in [3.05, 3.63) is 51.7 Å². The van der Waals surface area contributed by atoms with Crippen LogP contribution >= 0.6 is 0 Å². The number of carbonyl (C=O) groups excluding carboxylic acids is 2. The van der Waals surface area contributed by atoms with Crippen molar-refractivity contribution in [3.8, 4) is 5.75 Å². The van der Waals surface area contributed by atoms with Crippen LogP contribution in [-0.2, 0) is 19.1 Å². The van der Waals surface area contributed by atoms with Crippen molar-refractivity contribution in [1.82, 2.24) is 5.32 Å². The normalized spacial score (nSPS) is 15.5.